The number of phenols is 1. The molecule has 6 aliphatic heterocycles. The number of nitrogens with zero attached hydrogens (tertiary/aromatic N) is 3. The normalized spacial score (nSPS) is 31.5. The van der Waals surface area contributed by atoms with Gasteiger partial charge in [-0.2, -0.15) is 0 Å². The highest BCUT2D eigenvalue weighted by Crippen LogP contribution is 2.61. The lowest BCUT2D eigenvalue weighted by Gasteiger charge is -2.60. The smallest absolute Gasteiger partial charge is 0.340 e. The molecule has 62 heavy (non-hydrogen) atoms. The third-order valence-corrected chi connectivity index (χ3v) is 14.7. The van der Waals surface area contributed by atoms with E-state index < -0.39 is 23.0 Å². The number of aryl methyl sites for hydroxylation is 1. The highest BCUT2D eigenvalue weighted by molar-refractivity contribution is 5.97. The number of benzene rings is 3. The van der Waals surface area contributed by atoms with Crippen molar-refractivity contribution in [3.05, 3.63) is 107 Å². The minimum absolute atomic E-state index is 0.0515. The van der Waals surface area contributed by atoms with Gasteiger partial charge in [0.15, 0.2) is 17.5 Å². The summed E-state index contributed by atoms with van der Waals surface area (Å²) >= 11 is 0. The van der Waals surface area contributed by atoms with Crippen LogP contribution in [0.15, 0.2) is 79.0 Å². The largest absolute Gasteiger partial charge is 0.508 e. The van der Waals surface area contributed by atoms with Crippen molar-refractivity contribution in [2.75, 3.05) is 0 Å². The van der Waals surface area contributed by atoms with E-state index in [0.717, 1.165) is 62.7 Å². The Labute approximate surface area is 363 Å². The molecule has 1 aromatic heterocycles. The Morgan fingerprint density at radius 1 is 0.871 bits per heavy atom. The van der Waals surface area contributed by atoms with Gasteiger partial charge in [-0.1, -0.05) is 81.5 Å². The van der Waals surface area contributed by atoms with Gasteiger partial charge < -0.3 is 28.8 Å². The van der Waals surface area contributed by atoms with Crippen LogP contribution in [-0.4, -0.2) is 49.9 Å². The second-order valence-corrected chi connectivity index (χ2v) is 18.7. The van der Waals surface area contributed by atoms with Gasteiger partial charge >= 0.3 is 5.97 Å². The SMILES string of the molecule is C[C@H]1[C@@H](C/C=C/CCCCCCCCCn2cc(COc3ccc4c(c3)Oc3cc(O)ccc3C43OC(=O)c4ccccc43)nn2)O[C@@H]2O[C@@]3(C)CC[C@H]4[C@H](C)CC[C@@H]1[C@@]24OO3. The maximum absolute atomic E-state index is 13.1. The number of aromatic nitrogens is 3. The number of rotatable bonds is 15. The molecule has 12 nitrogen and oxygen atoms in total. The molecule has 1 saturated carbocycles. The monoisotopic (exact) mass is 845 g/mol. The minimum Gasteiger partial charge on any atom is -0.508 e. The number of hydrogen-bond acceptors (Lipinski definition) is 11. The summed E-state index contributed by atoms with van der Waals surface area (Å²) in [5.74, 6) is 2.15. The first kappa shape index (κ1) is 41.3. The Hall–Kier alpha value is -4.75. The molecular weight excluding hydrogens is 787 g/mol. The summed E-state index contributed by atoms with van der Waals surface area (Å²) in [6.07, 6.45) is 21.1. The molecule has 2 bridgehead atoms. The predicted molar refractivity (Wildman–Crippen MR) is 228 cm³/mol. The van der Waals surface area contributed by atoms with Crippen molar-refractivity contribution >= 4 is 5.97 Å². The molecule has 2 spiro atoms. The molecule has 1 N–H and O–H groups in total. The van der Waals surface area contributed by atoms with Crippen LogP contribution in [0.5, 0.6) is 23.0 Å². The fourth-order valence-corrected chi connectivity index (χ4v) is 11.4. The number of hydrogen-bond donors (Lipinski definition) is 1. The van der Waals surface area contributed by atoms with E-state index >= 15 is 0 Å². The summed E-state index contributed by atoms with van der Waals surface area (Å²) in [5, 5.41) is 19.0. The number of allylic oxidation sites excluding steroid dienone is 1. The van der Waals surface area contributed by atoms with Crippen molar-refractivity contribution in [3.8, 4) is 23.0 Å². The molecule has 7 aliphatic rings. The van der Waals surface area contributed by atoms with Crippen molar-refractivity contribution in [2.45, 2.75) is 147 Å². The van der Waals surface area contributed by atoms with Gasteiger partial charge in [0.05, 0.1) is 17.9 Å². The molecule has 12 heteroatoms. The Kier molecular flexibility index (Phi) is 11.1. The summed E-state index contributed by atoms with van der Waals surface area (Å²) in [6, 6.07) is 17.7. The Balaban J connectivity index is 0.634. The van der Waals surface area contributed by atoms with Crippen molar-refractivity contribution in [2.24, 2.45) is 23.7 Å². The van der Waals surface area contributed by atoms with E-state index in [-0.39, 0.29) is 24.8 Å². The van der Waals surface area contributed by atoms with Crippen LogP contribution < -0.4 is 9.47 Å². The Morgan fingerprint density at radius 3 is 2.53 bits per heavy atom. The van der Waals surface area contributed by atoms with Crippen LogP contribution in [0.3, 0.4) is 0 Å². The fourth-order valence-electron chi connectivity index (χ4n) is 11.4. The number of aromatic hydroxyl groups is 1. The average Bonchev–Trinajstić information content (AvgIpc) is 3.76. The summed E-state index contributed by atoms with van der Waals surface area (Å²) < 4.78 is 33.8. The zero-order chi connectivity index (χ0) is 42.5. The van der Waals surface area contributed by atoms with Crippen LogP contribution in [0.1, 0.15) is 137 Å². The quantitative estimate of drug-likeness (QED) is 0.0531. The van der Waals surface area contributed by atoms with Gasteiger partial charge in [0.1, 0.15) is 35.3 Å². The third kappa shape index (κ3) is 7.30. The first-order valence-corrected chi connectivity index (χ1v) is 23.0. The number of phenolic OH excluding ortho intramolecular Hbond substituents is 1. The second-order valence-electron chi connectivity index (χ2n) is 18.7. The Morgan fingerprint density at radius 2 is 1.66 bits per heavy atom. The lowest BCUT2D eigenvalue weighted by atomic mass is 9.57. The molecule has 1 aliphatic carbocycles. The van der Waals surface area contributed by atoms with Gasteiger partial charge in [0.2, 0.25) is 5.79 Å². The summed E-state index contributed by atoms with van der Waals surface area (Å²) in [7, 11) is 0. The number of esters is 1. The van der Waals surface area contributed by atoms with Gasteiger partial charge in [0, 0.05) is 47.7 Å². The third-order valence-electron chi connectivity index (χ3n) is 14.7. The van der Waals surface area contributed by atoms with E-state index in [2.05, 4.69) is 36.3 Å². The van der Waals surface area contributed by atoms with Crippen LogP contribution in [0.4, 0.5) is 0 Å². The topological polar surface area (TPSA) is 133 Å². The summed E-state index contributed by atoms with van der Waals surface area (Å²) in [6.45, 7) is 7.76. The number of ether oxygens (including phenoxy) is 5. The second kappa shape index (κ2) is 16.7. The van der Waals surface area contributed by atoms with Gasteiger partial charge in [-0.25, -0.2) is 14.6 Å². The van der Waals surface area contributed by atoms with Crippen LogP contribution in [0.2, 0.25) is 0 Å². The zero-order valence-corrected chi connectivity index (χ0v) is 36.1. The molecule has 4 saturated heterocycles. The van der Waals surface area contributed by atoms with Crippen molar-refractivity contribution in [3.63, 3.8) is 0 Å². The molecule has 328 valence electrons. The van der Waals surface area contributed by atoms with Crippen LogP contribution in [0.25, 0.3) is 0 Å². The maximum Gasteiger partial charge on any atom is 0.340 e. The number of fused-ring (bicyclic) bond motifs is 8. The van der Waals surface area contributed by atoms with Crippen LogP contribution >= 0.6 is 0 Å². The highest BCUT2D eigenvalue weighted by Gasteiger charge is 2.69. The minimum atomic E-state index is -1.20. The lowest BCUT2D eigenvalue weighted by Crippen LogP contribution is -2.70. The first-order valence-electron chi connectivity index (χ1n) is 23.0. The zero-order valence-electron chi connectivity index (χ0n) is 36.1. The number of unbranched alkanes of at least 4 members (excludes halogenated alkanes) is 7. The molecule has 5 fully saturated rings. The standard InChI is InChI=1S/C50H59N3O9/c1-32-19-22-39-33(2)43(58-47-50(39)38(32)25-26-48(3,60-47)61-62-50)18-12-10-8-6-4-5-7-9-11-15-27-53-30-34(51-52-53)31-56-36-21-24-42-45(29-36)57-44-28-35(54)20-23-41(44)49(42)40-17-14-13-16-37(40)46(55)59-49/h10,12-14,16-17,20-21,23-24,28-30,32-33,38-39,43,47,54H,4-9,11,15,18-19,22,25-27,31H2,1-3H3/b12-10+/t32-,33-,38+,39+,43-,47-,48-,49?,50-/m1/s1. The first-order chi connectivity index (χ1) is 30.2. The van der Waals surface area contributed by atoms with E-state index in [1.807, 2.05) is 48.1 Å². The van der Waals surface area contributed by atoms with Crippen molar-refractivity contribution in [1.29, 1.82) is 0 Å². The molecular formula is C50H59N3O9. The van der Waals surface area contributed by atoms with E-state index in [1.165, 1.54) is 44.6 Å². The predicted octanol–water partition coefficient (Wildman–Crippen LogP) is 10.4. The maximum atomic E-state index is 13.1. The lowest BCUT2D eigenvalue weighted by molar-refractivity contribution is -0.571. The molecule has 0 radical (unpaired) electrons. The molecule has 9 atom stereocenters. The Bertz CT molecular complexity index is 2310. The molecule has 7 heterocycles. The molecule has 4 aromatic rings. The van der Waals surface area contributed by atoms with Gasteiger partial charge in [-0.3, -0.25) is 4.68 Å². The van der Waals surface area contributed by atoms with E-state index in [9.17, 15) is 9.90 Å². The fraction of sp³-hybridized carbons (Fsp3) is 0.540. The number of carbonyl (C=O) groups excluding carboxylic acids is 1. The van der Waals surface area contributed by atoms with E-state index in [0.29, 0.717) is 57.6 Å². The van der Waals surface area contributed by atoms with Crippen LogP contribution in [0, 0.1) is 23.7 Å². The number of carbonyl (C=O) groups is 1. The molecule has 0 amide bonds. The van der Waals surface area contributed by atoms with Gasteiger partial charge in [0.25, 0.3) is 0 Å². The van der Waals surface area contributed by atoms with E-state index in [4.69, 9.17) is 33.5 Å². The van der Waals surface area contributed by atoms with Gasteiger partial charge in [-0.15, -0.1) is 5.10 Å². The van der Waals surface area contributed by atoms with Gasteiger partial charge in [-0.05, 0) is 100.0 Å². The van der Waals surface area contributed by atoms with Crippen molar-refractivity contribution in [1.82, 2.24) is 15.0 Å². The average molecular weight is 846 g/mol. The molecule has 3 aromatic carbocycles. The summed E-state index contributed by atoms with van der Waals surface area (Å²) in [5.41, 5.74) is 1.62. The summed E-state index contributed by atoms with van der Waals surface area (Å²) in [4.78, 5) is 25.4. The molecule has 11 rings (SSSR count). The van der Waals surface area contributed by atoms with Crippen LogP contribution in [-0.2, 0) is 42.7 Å². The molecule has 1 unspecified atom stereocenters. The van der Waals surface area contributed by atoms with Crippen molar-refractivity contribution < 1.29 is 43.4 Å². The van der Waals surface area contributed by atoms with E-state index in [1.54, 1.807) is 24.3 Å². The highest BCUT2D eigenvalue weighted by atomic mass is 17.3.